The van der Waals surface area contributed by atoms with Gasteiger partial charge in [0.1, 0.15) is 6.17 Å². The van der Waals surface area contributed by atoms with Gasteiger partial charge < -0.3 is 9.80 Å². The zero-order valence-electron chi connectivity index (χ0n) is 20.3. The molecular formula is C30H40N2. The molecule has 0 aromatic heterocycles. The first kappa shape index (κ1) is 20.6. The molecule has 2 aromatic rings. The number of anilines is 2. The number of hydrogen-bond acceptors (Lipinski definition) is 2. The molecule has 2 saturated carbocycles. The van der Waals surface area contributed by atoms with Crippen LogP contribution in [0.1, 0.15) is 82.8 Å². The Hall–Kier alpha value is -1.96. The third-order valence-electron chi connectivity index (χ3n) is 9.81. The number of rotatable bonds is 3. The highest BCUT2D eigenvalue weighted by Gasteiger charge is 2.62. The fourth-order valence-electron chi connectivity index (χ4n) is 8.41. The van der Waals surface area contributed by atoms with Crippen molar-refractivity contribution < 1.29 is 0 Å². The van der Waals surface area contributed by atoms with Gasteiger partial charge in [-0.15, -0.1) is 0 Å². The normalized spacial score (nSPS) is 33.0. The fraction of sp³-hybridized carbons (Fsp3) is 0.600. The Morgan fingerprint density at radius 1 is 0.750 bits per heavy atom. The Labute approximate surface area is 195 Å². The number of aryl methyl sites for hydroxylation is 1. The van der Waals surface area contributed by atoms with E-state index in [4.69, 9.17) is 0 Å². The molecule has 0 N–H and O–H groups in total. The van der Waals surface area contributed by atoms with E-state index >= 15 is 0 Å². The second-order valence-electron chi connectivity index (χ2n) is 11.4. The first-order valence-electron chi connectivity index (χ1n) is 13.3. The van der Waals surface area contributed by atoms with Crippen molar-refractivity contribution in [3.05, 3.63) is 59.7 Å². The summed E-state index contributed by atoms with van der Waals surface area (Å²) in [7, 11) is 0. The predicted molar refractivity (Wildman–Crippen MR) is 136 cm³/mol. The predicted octanol–water partition coefficient (Wildman–Crippen LogP) is 7.45. The summed E-state index contributed by atoms with van der Waals surface area (Å²) in [6, 6.07) is 19.8. The highest BCUT2D eigenvalue weighted by atomic mass is 15.5. The van der Waals surface area contributed by atoms with Crippen LogP contribution in [0.3, 0.4) is 0 Å². The molecular weight excluding hydrogens is 388 g/mol. The maximum Gasteiger partial charge on any atom is 0.105 e. The van der Waals surface area contributed by atoms with Crippen LogP contribution in [-0.4, -0.2) is 18.2 Å². The Morgan fingerprint density at radius 3 is 2.09 bits per heavy atom. The van der Waals surface area contributed by atoms with Crippen LogP contribution in [0.2, 0.25) is 0 Å². The van der Waals surface area contributed by atoms with E-state index in [0.29, 0.717) is 18.2 Å². The van der Waals surface area contributed by atoms with Crippen molar-refractivity contribution in [2.24, 2.45) is 11.8 Å². The lowest BCUT2D eigenvalue weighted by Crippen LogP contribution is -2.50. The smallest absolute Gasteiger partial charge is 0.105 e. The SMILES string of the molecule is Cc1ccccc1N1C(C2CCCCC2)N2c3ccccc3C(C)(C3CCCC3)C2[C@@H]1C. The van der Waals surface area contributed by atoms with Gasteiger partial charge in [0, 0.05) is 22.8 Å². The van der Waals surface area contributed by atoms with Gasteiger partial charge in [-0.05, 0) is 74.6 Å². The van der Waals surface area contributed by atoms with Crippen LogP contribution < -0.4 is 9.80 Å². The van der Waals surface area contributed by atoms with E-state index in [2.05, 4.69) is 79.1 Å². The summed E-state index contributed by atoms with van der Waals surface area (Å²) in [5.74, 6) is 1.57. The number of nitrogens with zero attached hydrogens (tertiary/aromatic N) is 2. The third kappa shape index (κ3) is 2.83. The highest BCUT2D eigenvalue weighted by molar-refractivity contribution is 5.72. The van der Waals surface area contributed by atoms with Crippen molar-refractivity contribution >= 4 is 11.4 Å². The maximum absolute atomic E-state index is 2.95. The van der Waals surface area contributed by atoms with Gasteiger partial charge >= 0.3 is 0 Å². The molecule has 170 valence electrons. The van der Waals surface area contributed by atoms with Crippen molar-refractivity contribution in [3.8, 4) is 0 Å². The van der Waals surface area contributed by atoms with E-state index in [1.54, 1.807) is 11.3 Å². The molecule has 32 heavy (non-hydrogen) atoms. The molecule has 1 saturated heterocycles. The Bertz CT molecular complexity index is 970. The molecule has 2 aromatic carbocycles. The van der Waals surface area contributed by atoms with E-state index < -0.39 is 0 Å². The van der Waals surface area contributed by atoms with Crippen LogP contribution >= 0.6 is 0 Å². The largest absolute Gasteiger partial charge is 0.346 e. The lowest BCUT2D eigenvalue weighted by molar-refractivity contribution is 0.247. The first-order chi connectivity index (χ1) is 15.6. The maximum atomic E-state index is 2.95. The van der Waals surface area contributed by atoms with Crippen molar-refractivity contribution in [1.82, 2.24) is 0 Å². The Morgan fingerprint density at radius 2 is 1.38 bits per heavy atom. The van der Waals surface area contributed by atoms with E-state index in [1.807, 2.05) is 0 Å². The van der Waals surface area contributed by atoms with E-state index in [9.17, 15) is 0 Å². The summed E-state index contributed by atoms with van der Waals surface area (Å²) < 4.78 is 0. The monoisotopic (exact) mass is 428 g/mol. The number of fused-ring (bicyclic) bond motifs is 3. The molecule has 0 bridgehead atoms. The minimum atomic E-state index is 0.247. The second-order valence-corrected chi connectivity index (χ2v) is 11.4. The minimum Gasteiger partial charge on any atom is -0.346 e. The van der Waals surface area contributed by atoms with Crippen LogP contribution in [0.4, 0.5) is 11.4 Å². The molecule has 2 nitrogen and oxygen atoms in total. The second kappa shape index (κ2) is 7.82. The van der Waals surface area contributed by atoms with Gasteiger partial charge in [0.05, 0.1) is 6.04 Å². The van der Waals surface area contributed by atoms with E-state index in [1.165, 1.54) is 69.0 Å². The van der Waals surface area contributed by atoms with Crippen LogP contribution in [0.15, 0.2) is 48.5 Å². The number of hydrogen-bond donors (Lipinski definition) is 0. The summed E-state index contributed by atoms with van der Waals surface area (Å²) in [5, 5.41) is 0. The zero-order chi connectivity index (χ0) is 21.9. The van der Waals surface area contributed by atoms with Crippen molar-refractivity contribution in [2.45, 2.75) is 102 Å². The standard InChI is InChI=1S/C30H40N2/c1-21-13-7-11-19-26(21)31-22(2)28-30(3,24-16-8-9-17-24)25-18-10-12-20-27(25)32(28)29(31)23-14-5-4-6-15-23/h7,10-13,18-20,22-24,28-29H,4-6,8-9,14-17H2,1-3H3/t22-,28?,29?,30?/m0/s1. The van der Waals surface area contributed by atoms with E-state index in [0.717, 1.165) is 11.8 Å². The van der Waals surface area contributed by atoms with Crippen molar-refractivity contribution in [1.29, 1.82) is 0 Å². The summed E-state index contributed by atoms with van der Waals surface area (Å²) in [6.45, 7) is 7.50. The Balaban J connectivity index is 1.53. The summed E-state index contributed by atoms with van der Waals surface area (Å²) >= 11 is 0. The number of para-hydroxylation sites is 2. The molecule has 6 rings (SSSR count). The molecule has 3 unspecified atom stereocenters. The quantitative estimate of drug-likeness (QED) is 0.501. The molecule has 4 aliphatic rings. The fourth-order valence-corrected chi connectivity index (χ4v) is 8.41. The molecule has 2 aliphatic heterocycles. The molecule has 4 atom stereocenters. The zero-order valence-corrected chi connectivity index (χ0v) is 20.3. The molecule has 2 heterocycles. The highest BCUT2D eigenvalue weighted by Crippen LogP contribution is 2.59. The summed E-state index contributed by atoms with van der Waals surface area (Å²) in [6.07, 6.45) is 13.1. The van der Waals surface area contributed by atoms with E-state index in [-0.39, 0.29) is 5.41 Å². The van der Waals surface area contributed by atoms with Crippen LogP contribution in [0.25, 0.3) is 0 Å². The summed E-state index contributed by atoms with van der Waals surface area (Å²) in [5.41, 5.74) is 6.34. The molecule has 0 spiro atoms. The average Bonchev–Trinajstić information content (AvgIpc) is 3.52. The molecule has 2 aliphatic carbocycles. The van der Waals surface area contributed by atoms with Crippen LogP contribution in [0.5, 0.6) is 0 Å². The molecule has 3 fully saturated rings. The van der Waals surface area contributed by atoms with Gasteiger partial charge in [0.25, 0.3) is 0 Å². The first-order valence-corrected chi connectivity index (χ1v) is 13.3. The number of benzene rings is 2. The summed E-state index contributed by atoms with van der Waals surface area (Å²) in [4.78, 5) is 5.82. The third-order valence-corrected chi connectivity index (χ3v) is 9.81. The van der Waals surface area contributed by atoms with Crippen LogP contribution in [0, 0.1) is 18.8 Å². The molecule has 0 radical (unpaired) electrons. The minimum absolute atomic E-state index is 0.247. The van der Waals surface area contributed by atoms with Gasteiger partial charge in [0.2, 0.25) is 0 Å². The van der Waals surface area contributed by atoms with Gasteiger partial charge in [-0.25, -0.2) is 0 Å². The van der Waals surface area contributed by atoms with Crippen molar-refractivity contribution in [3.63, 3.8) is 0 Å². The Kier molecular flexibility index (Phi) is 5.04. The van der Waals surface area contributed by atoms with Gasteiger partial charge in [-0.2, -0.15) is 0 Å². The van der Waals surface area contributed by atoms with Crippen LogP contribution in [-0.2, 0) is 5.41 Å². The lowest BCUT2D eigenvalue weighted by Gasteiger charge is -2.41. The lowest BCUT2D eigenvalue weighted by atomic mass is 9.66. The topological polar surface area (TPSA) is 6.48 Å². The van der Waals surface area contributed by atoms with Crippen molar-refractivity contribution in [2.75, 3.05) is 9.80 Å². The van der Waals surface area contributed by atoms with Gasteiger partial charge in [0.15, 0.2) is 0 Å². The van der Waals surface area contributed by atoms with Gasteiger partial charge in [-0.1, -0.05) is 75.4 Å². The molecule has 0 amide bonds. The van der Waals surface area contributed by atoms with Gasteiger partial charge in [-0.3, -0.25) is 0 Å². The average molecular weight is 429 g/mol. The molecule has 2 heteroatoms.